The SMILES string of the molecule is CCn1ccc(Cn2cc(-c3nc(N)nc4c(C)cccc34)nn2)n1.Cc1ccc2c(-c3cn(Cc4ccn(C5CC5)n4)nn3)nc(N)nc2c1F.Cc1cccc2c(-c3cn(Cc4ccn(C(C)C)n4)nn3)nc(N)nc12.Cc1cccc2c(-c3cn(Cc4ccn(C5CC5)n4)nn3)nc(N)nc12.Cc1cccc2c(-c3cn(Cc4ccnn4CC4CCCO4)nn3)nc(N)nc12. The van der Waals surface area contributed by atoms with Gasteiger partial charge >= 0.3 is 0 Å². The summed E-state index contributed by atoms with van der Waals surface area (Å²) in [6, 6.07) is 38.7. The lowest BCUT2D eigenvalue weighted by molar-refractivity contribution is 0.0931. The van der Waals surface area contributed by atoms with Gasteiger partial charge in [-0.15, -0.1) is 25.5 Å². The lowest BCUT2D eigenvalue weighted by Crippen LogP contribution is -2.19. The lowest BCUT2D eigenvalue weighted by Gasteiger charge is -2.12. The van der Waals surface area contributed by atoms with Gasteiger partial charge in [0.1, 0.15) is 62.5 Å². The number of hydrogen-bond acceptors (Lipinski definition) is 31. The summed E-state index contributed by atoms with van der Waals surface area (Å²) in [5, 5.41) is 69.3. The molecule has 15 aromatic heterocycles. The number of para-hydroxylation sites is 4. The van der Waals surface area contributed by atoms with Gasteiger partial charge in [0.15, 0.2) is 5.82 Å². The topological polar surface area (TPSA) is 511 Å². The van der Waals surface area contributed by atoms with Crippen LogP contribution in [0.25, 0.3) is 111 Å². The molecule has 23 rings (SSSR count). The van der Waals surface area contributed by atoms with Crippen molar-refractivity contribution >= 4 is 84.3 Å². The minimum Gasteiger partial charge on any atom is -0.376 e. The third-order valence-electron chi connectivity index (χ3n) is 22.9. The average Bonchev–Trinajstić information content (AvgIpc) is 1.41. The Balaban J connectivity index is 0.000000107. The Morgan fingerprint density at radius 1 is 0.376 bits per heavy atom. The van der Waals surface area contributed by atoms with Crippen molar-refractivity contribution < 1.29 is 9.13 Å². The molecule has 672 valence electrons. The molecule has 10 N–H and O–H groups in total. The molecule has 1 unspecified atom stereocenters. The van der Waals surface area contributed by atoms with Crippen molar-refractivity contribution in [3.8, 4) is 56.9 Å². The van der Waals surface area contributed by atoms with Gasteiger partial charge in [-0.1, -0.05) is 111 Å². The van der Waals surface area contributed by atoms with E-state index in [1.54, 1.807) is 48.7 Å². The maximum Gasteiger partial charge on any atom is 0.221 e. The lowest BCUT2D eigenvalue weighted by atomic mass is 10.1. The monoisotopic (exact) mass is 1780 g/mol. The second-order valence-corrected chi connectivity index (χ2v) is 33.4. The van der Waals surface area contributed by atoms with E-state index < -0.39 is 5.82 Å². The van der Waals surface area contributed by atoms with Crippen LogP contribution in [0, 0.1) is 40.4 Å². The summed E-state index contributed by atoms with van der Waals surface area (Å²) in [7, 11) is 0. The van der Waals surface area contributed by atoms with Crippen LogP contribution in [0.5, 0.6) is 0 Å². The van der Waals surface area contributed by atoms with Crippen LogP contribution >= 0.6 is 0 Å². The van der Waals surface area contributed by atoms with Gasteiger partial charge in [-0.25, -0.2) is 77.6 Å². The Kier molecular flexibility index (Phi) is 23.8. The third kappa shape index (κ3) is 19.2. The van der Waals surface area contributed by atoms with E-state index in [0.29, 0.717) is 119 Å². The molecule has 20 aromatic rings. The van der Waals surface area contributed by atoms with Crippen LogP contribution in [0.15, 0.2) is 177 Å². The number of nitrogen functional groups attached to an aromatic ring is 5. The highest BCUT2D eigenvalue weighted by Gasteiger charge is 2.28. The molecule has 1 aliphatic heterocycles. The number of halogens is 1. The number of aryl methyl sites for hydroxylation is 6. The zero-order valence-corrected chi connectivity index (χ0v) is 74.3. The number of aromatic nitrogens is 35. The molecule has 16 heterocycles. The van der Waals surface area contributed by atoms with Crippen molar-refractivity contribution in [2.75, 3.05) is 35.3 Å². The van der Waals surface area contributed by atoms with E-state index in [-0.39, 0.29) is 41.4 Å². The third-order valence-corrected chi connectivity index (χ3v) is 22.9. The molecule has 42 heteroatoms. The highest BCUT2D eigenvalue weighted by molar-refractivity contribution is 5.97. The fraction of sp³-hybridized carbons (Fsp3) is 0.286. The van der Waals surface area contributed by atoms with Gasteiger partial charge in [0.05, 0.1) is 139 Å². The molecule has 41 nitrogen and oxygen atoms in total. The highest BCUT2D eigenvalue weighted by atomic mass is 19.1. The van der Waals surface area contributed by atoms with Crippen molar-refractivity contribution in [3.05, 3.63) is 239 Å². The first kappa shape index (κ1) is 85.9. The molecule has 2 aliphatic carbocycles. The van der Waals surface area contributed by atoms with Crippen molar-refractivity contribution in [2.45, 2.75) is 164 Å². The smallest absolute Gasteiger partial charge is 0.221 e. The number of benzene rings is 5. The zero-order chi connectivity index (χ0) is 91.7. The molecule has 0 spiro atoms. The molecule has 133 heavy (non-hydrogen) atoms. The normalized spacial score (nSPS) is 13.7. The molecule has 1 atom stereocenters. The molecular weight excluding hydrogens is 1690 g/mol. The van der Waals surface area contributed by atoms with E-state index in [1.165, 1.54) is 25.7 Å². The van der Waals surface area contributed by atoms with E-state index in [9.17, 15) is 4.39 Å². The first-order valence-corrected chi connectivity index (χ1v) is 43.7. The second kappa shape index (κ2) is 36.9. The fourth-order valence-corrected chi connectivity index (χ4v) is 15.8. The number of nitrogens with zero attached hydrogens (tertiary/aromatic N) is 35. The zero-order valence-electron chi connectivity index (χ0n) is 74.3. The van der Waals surface area contributed by atoms with Gasteiger partial charge in [-0.2, -0.15) is 25.5 Å². The van der Waals surface area contributed by atoms with Gasteiger partial charge < -0.3 is 33.4 Å². The Morgan fingerprint density at radius 3 is 1.10 bits per heavy atom. The number of anilines is 5. The number of ether oxygens (including phenoxy) is 1. The number of fused-ring (bicyclic) bond motifs is 5. The number of nitrogens with two attached hydrogens (primary N) is 5. The van der Waals surface area contributed by atoms with E-state index in [1.807, 2.05) is 210 Å². The van der Waals surface area contributed by atoms with E-state index >= 15 is 0 Å². The molecule has 2 saturated carbocycles. The molecule has 0 amide bonds. The summed E-state index contributed by atoms with van der Waals surface area (Å²) >= 11 is 0. The molecule has 0 bridgehead atoms. The maximum atomic E-state index is 14.4. The molecule has 5 aromatic carbocycles. The van der Waals surface area contributed by atoms with Gasteiger partial charge in [-0.3, -0.25) is 23.4 Å². The molecule has 3 fully saturated rings. The van der Waals surface area contributed by atoms with Crippen LogP contribution in [0.2, 0.25) is 0 Å². The predicted molar refractivity (Wildman–Crippen MR) is 497 cm³/mol. The van der Waals surface area contributed by atoms with Gasteiger partial charge in [0.2, 0.25) is 29.7 Å². The van der Waals surface area contributed by atoms with Crippen molar-refractivity contribution in [1.82, 2.24) is 174 Å². The van der Waals surface area contributed by atoms with Gasteiger partial charge in [0, 0.05) is 77.1 Å². The molecular formula is C91H95FN40O. The highest BCUT2D eigenvalue weighted by Crippen LogP contribution is 2.37. The van der Waals surface area contributed by atoms with Crippen LogP contribution in [-0.2, 0) is 50.6 Å². The Labute approximate surface area is 758 Å². The minimum atomic E-state index is -0.402. The van der Waals surface area contributed by atoms with Crippen LogP contribution in [-0.4, -0.2) is 186 Å². The Bertz CT molecular complexity index is 7440. The molecule has 0 radical (unpaired) electrons. The number of hydrogen-bond donors (Lipinski definition) is 5. The Morgan fingerprint density at radius 2 is 0.737 bits per heavy atom. The van der Waals surface area contributed by atoms with E-state index in [4.69, 9.17) is 33.4 Å². The first-order chi connectivity index (χ1) is 64.6. The summed E-state index contributed by atoms with van der Waals surface area (Å²) in [5.74, 6) is 0.520. The fourth-order valence-electron chi connectivity index (χ4n) is 15.8. The average molecular weight is 1780 g/mol. The number of rotatable bonds is 21. The first-order valence-electron chi connectivity index (χ1n) is 43.7. The summed E-state index contributed by atoms with van der Waals surface area (Å²) in [4.78, 5) is 43.3. The van der Waals surface area contributed by atoms with Crippen LogP contribution in [0.3, 0.4) is 0 Å². The quantitative estimate of drug-likeness (QED) is 0.0446. The van der Waals surface area contributed by atoms with E-state index in [0.717, 1.165) is 127 Å². The van der Waals surface area contributed by atoms with Crippen molar-refractivity contribution in [1.29, 1.82) is 0 Å². The second-order valence-electron chi connectivity index (χ2n) is 33.4. The summed E-state index contributed by atoms with van der Waals surface area (Å²) in [5.41, 5.74) is 48.9. The minimum absolute atomic E-state index is 0.000253. The summed E-state index contributed by atoms with van der Waals surface area (Å²) < 4.78 is 38.7. The van der Waals surface area contributed by atoms with Gasteiger partial charge in [-0.05, 0) is 152 Å². The predicted octanol–water partition coefficient (Wildman–Crippen LogP) is 11.7. The molecule has 1 saturated heterocycles. The van der Waals surface area contributed by atoms with Crippen LogP contribution < -0.4 is 28.7 Å². The molecule has 3 aliphatic rings. The van der Waals surface area contributed by atoms with Crippen LogP contribution in [0.4, 0.5) is 34.1 Å². The summed E-state index contributed by atoms with van der Waals surface area (Å²) in [6.07, 6.45) is 26.2. The maximum absolute atomic E-state index is 14.4. The van der Waals surface area contributed by atoms with Crippen molar-refractivity contribution in [3.63, 3.8) is 0 Å². The standard InChI is InChI=1S/C20H22N8O.C18H17FN8.C18H18N8.C18H20N8.C17H18N8/c1-13-4-2-6-16-18(13)23-20(21)24-19(16)17-12-27(26-25-17)10-14-7-8-22-28(14)11-15-5-3-9-29-15;1-10-2-5-13-16(21-18(20)22-17(13)15(10)19)14-9-26(25-23-14)8-11-6-7-27(24-11)12-3-4-12;1-11-3-2-4-14-16(11)20-18(19)21-17(14)15-10-25(24-22-15)9-12-7-8-26(23-12)13-5-6-13;1-11(2)26-8-7-13(23-26)9-25-10-15(22-24-25)17-14-6-4-5-12(3)16(14)20-18(19)21-17;1-3-24-8-7-12(22-24)9-25-10-14(21-23-25)16-13-6-4-5-11(2)15(13)19-17(18)20-16/h2,4,6-8,12,15H,3,5,9-11H2,1H3,(H2,21,23,24);2,5-7,9,12H,3-4,8H2,1H3,(H2,20,21,22);2-4,7-8,10,13H,5-6,9H2,1H3,(H2,19,20,21);4-8,10-11H,9H2,1-3H3,(H2,19,20,21);4-8,10H,3,9H2,1-2H3,(H2,18,19,20). The largest absolute Gasteiger partial charge is 0.376 e. The van der Waals surface area contributed by atoms with Gasteiger partial charge in [0.25, 0.3) is 0 Å². The Hall–Kier alpha value is -16.6. The summed E-state index contributed by atoms with van der Waals surface area (Å²) in [6.45, 7) is 21.1. The van der Waals surface area contributed by atoms with Crippen molar-refractivity contribution in [2.24, 2.45) is 0 Å². The van der Waals surface area contributed by atoms with E-state index in [2.05, 4.69) is 148 Å². The van der Waals surface area contributed by atoms with Crippen LogP contribution in [0.1, 0.15) is 134 Å².